The number of Topliss-reactive ketones (excluding diaryl/α,β-unsaturated/α-hetero) is 1. The third-order valence-electron chi connectivity index (χ3n) is 4.98. The number of hydrogen-bond acceptors (Lipinski definition) is 4. The van der Waals surface area contributed by atoms with Gasteiger partial charge in [0.15, 0.2) is 0 Å². The Kier molecular flexibility index (Phi) is 7.06. The van der Waals surface area contributed by atoms with Crippen LogP contribution in [0.5, 0.6) is 5.75 Å². The zero-order valence-electron chi connectivity index (χ0n) is 16.8. The lowest BCUT2D eigenvalue weighted by Crippen LogP contribution is -2.30. The number of ketones is 1. The van der Waals surface area contributed by atoms with Gasteiger partial charge in [-0.3, -0.25) is 9.59 Å². The van der Waals surface area contributed by atoms with E-state index in [9.17, 15) is 14.7 Å². The second-order valence-corrected chi connectivity index (χ2v) is 7.82. The zero-order valence-corrected chi connectivity index (χ0v) is 18.3. The van der Waals surface area contributed by atoms with Crippen molar-refractivity contribution in [1.29, 1.82) is 0 Å². The third-order valence-corrected chi connectivity index (χ3v) is 5.55. The molecule has 5 nitrogen and oxygen atoms in total. The smallest absolute Gasteiger partial charge is 0.295 e. The van der Waals surface area contributed by atoms with Crippen LogP contribution in [0, 0.1) is 0 Å². The van der Waals surface area contributed by atoms with Crippen molar-refractivity contribution in [3.8, 4) is 5.75 Å². The van der Waals surface area contributed by atoms with Crippen LogP contribution >= 0.6 is 23.2 Å². The molecule has 30 heavy (non-hydrogen) atoms. The minimum absolute atomic E-state index is 0.0446. The molecule has 3 rings (SSSR count). The van der Waals surface area contributed by atoms with Crippen molar-refractivity contribution >= 4 is 40.7 Å². The minimum atomic E-state index is -0.712. The SMILES string of the molecule is CCCCN1C(=O)C(=O)/C(=C(\O)c2ccc(Cl)c(OCC)c2)C1c1ccc(Cl)cc1. The predicted molar refractivity (Wildman–Crippen MR) is 118 cm³/mol. The van der Waals surface area contributed by atoms with Crippen LogP contribution < -0.4 is 4.74 Å². The van der Waals surface area contributed by atoms with Gasteiger partial charge >= 0.3 is 0 Å². The molecule has 1 atom stereocenters. The van der Waals surface area contributed by atoms with E-state index < -0.39 is 17.7 Å². The van der Waals surface area contributed by atoms with E-state index in [1.54, 1.807) is 42.5 Å². The lowest BCUT2D eigenvalue weighted by atomic mass is 9.95. The molecule has 0 aromatic heterocycles. The summed E-state index contributed by atoms with van der Waals surface area (Å²) in [5.41, 5.74) is 1.11. The van der Waals surface area contributed by atoms with Gasteiger partial charge in [-0.2, -0.15) is 0 Å². The third kappa shape index (κ3) is 4.32. The highest BCUT2D eigenvalue weighted by atomic mass is 35.5. The molecule has 1 aliphatic heterocycles. The van der Waals surface area contributed by atoms with Crippen LogP contribution in [0.1, 0.15) is 43.9 Å². The van der Waals surface area contributed by atoms with Crippen LogP contribution in [0.2, 0.25) is 10.0 Å². The van der Waals surface area contributed by atoms with E-state index in [4.69, 9.17) is 27.9 Å². The number of aliphatic hydroxyl groups excluding tert-OH is 1. The Morgan fingerprint density at radius 3 is 2.43 bits per heavy atom. The molecule has 2 aromatic carbocycles. The van der Waals surface area contributed by atoms with Gasteiger partial charge in [0.1, 0.15) is 11.5 Å². The van der Waals surface area contributed by atoms with E-state index in [1.165, 1.54) is 4.90 Å². The van der Waals surface area contributed by atoms with E-state index in [-0.39, 0.29) is 11.3 Å². The number of amides is 1. The first-order valence-corrected chi connectivity index (χ1v) is 10.6. The summed E-state index contributed by atoms with van der Waals surface area (Å²) in [5.74, 6) is -1.20. The number of likely N-dealkylation sites (tertiary alicyclic amines) is 1. The number of aliphatic hydroxyl groups is 1. The summed E-state index contributed by atoms with van der Waals surface area (Å²) >= 11 is 12.2. The summed E-state index contributed by atoms with van der Waals surface area (Å²) in [5, 5.41) is 12.0. The largest absolute Gasteiger partial charge is 0.507 e. The van der Waals surface area contributed by atoms with Crippen LogP contribution in [0.4, 0.5) is 0 Å². The second kappa shape index (κ2) is 9.54. The summed E-state index contributed by atoms with van der Waals surface area (Å²) in [6.45, 7) is 4.64. The van der Waals surface area contributed by atoms with Crippen LogP contribution in [-0.4, -0.2) is 34.8 Å². The first-order valence-electron chi connectivity index (χ1n) is 9.85. The molecule has 1 amide bonds. The Bertz CT molecular complexity index is 985. The molecule has 0 radical (unpaired) electrons. The normalized spacial score (nSPS) is 18.1. The number of benzene rings is 2. The summed E-state index contributed by atoms with van der Waals surface area (Å²) < 4.78 is 5.49. The summed E-state index contributed by atoms with van der Waals surface area (Å²) in [6.07, 6.45) is 1.61. The number of unbranched alkanes of at least 4 members (excludes halogenated alkanes) is 1. The van der Waals surface area contributed by atoms with E-state index in [0.717, 1.165) is 12.8 Å². The molecule has 1 aliphatic rings. The van der Waals surface area contributed by atoms with Crippen LogP contribution in [0.15, 0.2) is 48.0 Å². The Labute approximate surface area is 185 Å². The fraction of sp³-hybridized carbons (Fsp3) is 0.304. The van der Waals surface area contributed by atoms with Crippen LogP contribution in [0.3, 0.4) is 0 Å². The maximum atomic E-state index is 12.9. The van der Waals surface area contributed by atoms with Gasteiger partial charge in [0.2, 0.25) is 0 Å². The van der Waals surface area contributed by atoms with Crippen molar-refractivity contribution in [3.63, 3.8) is 0 Å². The minimum Gasteiger partial charge on any atom is -0.507 e. The van der Waals surface area contributed by atoms with Gasteiger partial charge < -0.3 is 14.7 Å². The highest BCUT2D eigenvalue weighted by Gasteiger charge is 2.45. The quantitative estimate of drug-likeness (QED) is 0.340. The van der Waals surface area contributed by atoms with Crippen molar-refractivity contribution in [2.75, 3.05) is 13.2 Å². The van der Waals surface area contributed by atoms with Crippen molar-refractivity contribution in [2.45, 2.75) is 32.7 Å². The van der Waals surface area contributed by atoms with E-state index in [1.807, 2.05) is 13.8 Å². The van der Waals surface area contributed by atoms with Gasteiger partial charge in [-0.25, -0.2) is 0 Å². The number of nitrogens with zero attached hydrogens (tertiary/aromatic N) is 1. The molecule has 2 aromatic rings. The highest BCUT2D eigenvalue weighted by Crippen LogP contribution is 2.40. The molecule has 158 valence electrons. The zero-order chi connectivity index (χ0) is 21.8. The highest BCUT2D eigenvalue weighted by molar-refractivity contribution is 6.46. The van der Waals surface area contributed by atoms with Gasteiger partial charge in [-0.1, -0.05) is 48.7 Å². The average Bonchev–Trinajstić information content (AvgIpc) is 2.98. The fourth-order valence-corrected chi connectivity index (χ4v) is 3.80. The first-order chi connectivity index (χ1) is 14.4. The molecule has 0 spiro atoms. The number of ether oxygens (including phenoxy) is 1. The monoisotopic (exact) mass is 447 g/mol. The number of halogens is 2. The number of carbonyl (C=O) groups excluding carboxylic acids is 2. The van der Waals surface area contributed by atoms with E-state index >= 15 is 0 Å². The molecule has 0 bridgehead atoms. The maximum Gasteiger partial charge on any atom is 0.295 e. The predicted octanol–water partition coefficient (Wildman–Crippen LogP) is 5.61. The van der Waals surface area contributed by atoms with Gasteiger partial charge in [0, 0.05) is 17.1 Å². The molecule has 1 heterocycles. The van der Waals surface area contributed by atoms with Crippen molar-refractivity contribution in [3.05, 3.63) is 69.2 Å². The number of rotatable bonds is 7. The molecule has 1 saturated heterocycles. The van der Waals surface area contributed by atoms with Gasteiger partial charge in [-0.15, -0.1) is 0 Å². The first kappa shape index (κ1) is 22.2. The van der Waals surface area contributed by atoms with E-state index in [2.05, 4.69) is 0 Å². The van der Waals surface area contributed by atoms with Crippen molar-refractivity contribution < 1.29 is 19.4 Å². The molecule has 1 unspecified atom stereocenters. The summed E-state index contributed by atoms with van der Waals surface area (Å²) in [4.78, 5) is 27.2. The molecular weight excluding hydrogens is 425 g/mol. The van der Waals surface area contributed by atoms with Gasteiger partial charge in [0.05, 0.1) is 23.2 Å². The Hall–Kier alpha value is -2.50. The summed E-state index contributed by atoms with van der Waals surface area (Å²) in [6, 6.07) is 11.0. The molecule has 7 heteroatoms. The molecular formula is C23H23Cl2NO4. The maximum absolute atomic E-state index is 12.9. The van der Waals surface area contributed by atoms with Crippen LogP contribution in [-0.2, 0) is 9.59 Å². The van der Waals surface area contributed by atoms with E-state index in [0.29, 0.717) is 40.1 Å². The molecule has 0 saturated carbocycles. The van der Waals surface area contributed by atoms with Gasteiger partial charge in [0.25, 0.3) is 11.7 Å². The van der Waals surface area contributed by atoms with Gasteiger partial charge in [-0.05, 0) is 49.2 Å². The number of carbonyl (C=O) groups is 2. The second-order valence-electron chi connectivity index (χ2n) is 6.98. The Morgan fingerprint density at radius 2 is 1.80 bits per heavy atom. The Balaban J connectivity index is 2.15. The summed E-state index contributed by atoms with van der Waals surface area (Å²) in [7, 11) is 0. The fourth-order valence-electron chi connectivity index (χ4n) is 3.50. The average molecular weight is 448 g/mol. The van der Waals surface area contributed by atoms with Crippen molar-refractivity contribution in [2.24, 2.45) is 0 Å². The molecule has 0 aliphatic carbocycles. The number of hydrogen-bond donors (Lipinski definition) is 1. The lowest BCUT2D eigenvalue weighted by Gasteiger charge is -2.25. The molecule has 1 N–H and O–H groups in total. The topological polar surface area (TPSA) is 66.8 Å². The molecule has 1 fully saturated rings. The van der Waals surface area contributed by atoms with Crippen molar-refractivity contribution in [1.82, 2.24) is 4.90 Å². The Morgan fingerprint density at radius 1 is 1.10 bits per heavy atom. The van der Waals surface area contributed by atoms with Crippen LogP contribution in [0.25, 0.3) is 5.76 Å². The lowest BCUT2D eigenvalue weighted by molar-refractivity contribution is -0.139. The standard InChI is InChI=1S/C23H23Cl2NO4/c1-3-5-12-26-20(14-6-9-16(24)10-7-14)19(22(28)23(26)29)21(27)15-8-11-17(25)18(13-15)30-4-2/h6-11,13,20,27H,3-5,12H2,1-2H3/b21-19-.